The minimum absolute atomic E-state index is 0.231. The summed E-state index contributed by atoms with van der Waals surface area (Å²) in [6.07, 6.45) is 0.657. The zero-order valence-electron chi connectivity index (χ0n) is 19.7. The maximum absolute atomic E-state index is 13.4. The molecule has 0 unspecified atom stereocenters. The Morgan fingerprint density at radius 1 is 0.886 bits per heavy atom. The smallest absolute Gasteiger partial charge is 0.243 e. The molecule has 5 rings (SSSR count). The van der Waals surface area contributed by atoms with Gasteiger partial charge in [-0.3, -0.25) is 0 Å². The minimum atomic E-state index is -3.66. The van der Waals surface area contributed by atoms with Gasteiger partial charge in [-0.05, 0) is 42.8 Å². The van der Waals surface area contributed by atoms with Gasteiger partial charge in [-0.1, -0.05) is 24.3 Å². The van der Waals surface area contributed by atoms with Crippen LogP contribution in [0.2, 0.25) is 0 Å². The van der Waals surface area contributed by atoms with Crippen molar-refractivity contribution >= 4 is 21.5 Å². The van der Waals surface area contributed by atoms with Crippen LogP contribution in [0.5, 0.6) is 23.0 Å². The number of rotatable bonds is 4. The summed E-state index contributed by atoms with van der Waals surface area (Å²) in [4.78, 5) is 7.33. The van der Waals surface area contributed by atoms with Crippen molar-refractivity contribution in [3.63, 3.8) is 0 Å². The van der Waals surface area contributed by atoms with E-state index in [1.807, 2.05) is 42.5 Å². The van der Waals surface area contributed by atoms with E-state index >= 15 is 0 Å². The van der Waals surface area contributed by atoms with Crippen LogP contribution in [0.25, 0.3) is 0 Å². The summed E-state index contributed by atoms with van der Waals surface area (Å²) in [7, 11) is -0.521. The lowest BCUT2D eigenvalue weighted by atomic mass is 10.1. The number of ether oxygens (including phenoxy) is 3. The van der Waals surface area contributed by atoms with Crippen LogP contribution in [0, 0.1) is 0 Å². The predicted molar refractivity (Wildman–Crippen MR) is 134 cm³/mol. The first-order valence-electron chi connectivity index (χ1n) is 11.4. The van der Waals surface area contributed by atoms with Crippen LogP contribution in [0.15, 0.2) is 76.6 Å². The number of aliphatic imine (C=N–C) groups is 1. The highest BCUT2D eigenvalue weighted by atomic mass is 32.2. The monoisotopic (exact) mass is 493 g/mol. The number of nitrogens with zero attached hydrogens (tertiary/aromatic N) is 3. The van der Waals surface area contributed by atoms with Gasteiger partial charge in [0.25, 0.3) is 0 Å². The molecule has 0 atom stereocenters. The third-order valence-electron chi connectivity index (χ3n) is 6.18. The van der Waals surface area contributed by atoms with E-state index < -0.39 is 10.0 Å². The lowest BCUT2D eigenvalue weighted by molar-refractivity contribution is 0.378. The zero-order valence-corrected chi connectivity index (χ0v) is 20.5. The summed E-state index contributed by atoms with van der Waals surface area (Å²) in [5.41, 5.74) is 1.52. The van der Waals surface area contributed by atoms with Crippen LogP contribution in [0.1, 0.15) is 12.0 Å². The van der Waals surface area contributed by atoms with Gasteiger partial charge in [-0.15, -0.1) is 0 Å². The van der Waals surface area contributed by atoms with Gasteiger partial charge >= 0.3 is 0 Å². The molecule has 2 aliphatic heterocycles. The Bertz CT molecular complexity index is 1370. The average molecular weight is 494 g/mol. The average Bonchev–Trinajstić information content (AvgIpc) is 3.24. The number of hydrogen-bond donors (Lipinski definition) is 0. The molecule has 0 radical (unpaired) electrons. The normalized spacial score (nSPS) is 16.2. The standard InChI is InChI=1S/C26H27N3O5S/c1-32-19-8-5-9-20(18-19)35(30,31)29-15-7-14-28(16-17-29)26-21-10-6-13-24(33-2)25(21)34-23-12-4-3-11-22(23)27-26/h3-6,8-13,18H,7,14-17H2,1-2H3. The molecule has 3 aromatic rings. The van der Waals surface area contributed by atoms with Crippen molar-refractivity contribution in [2.24, 2.45) is 4.99 Å². The summed E-state index contributed by atoms with van der Waals surface area (Å²) >= 11 is 0. The molecule has 0 N–H and O–H groups in total. The fourth-order valence-electron chi connectivity index (χ4n) is 4.38. The van der Waals surface area contributed by atoms with E-state index in [1.165, 1.54) is 11.4 Å². The molecule has 0 aliphatic carbocycles. The molecular weight excluding hydrogens is 466 g/mol. The molecule has 1 fully saturated rings. The fourth-order valence-corrected chi connectivity index (χ4v) is 5.88. The molecular formula is C26H27N3O5S. The van der Waals surface area contributed by atoms with E-state index in [9.17, 15) is 8.42 Å². The Labute approximate surface area is 205 Å². The van der Waals surface area contributed by atoms with Crippen LogP contribution in [0.3, 0.4) is 0 Å². The van der Waals surface area contributed by atoms with Crippen molar-refractivity contribution in [1.82, 2.24) is 9.21 Å². The third kappa shape index (κ3) is 4.44. The van der Waals surface area contributed by atoms with Crippen LogP contribution in [0.4, 0.5) is 5.69 Å². The topological polar surface area (TPSA) is 80.7 Å². The summed E-state index contributed by atoms with van der Waals surface area (Å²) in [6, 6.07) is 19.9. The number of hydrogen-bond acceptors (Lipinski definition) is 7. The molecule has 182 valence electrons. The van der Waals surface area contributed by atoms with E-state index in [1.54, 1.807) is 31.4 Å². The number of benzene rings is 3. The Kier molecular flexibility index (Phi) is 6.36. The van der Waals surface area contributed by atoms with Crippen LogP contribution in [-0.4, -0.2) is 63.9 Å². The first-order valence-corrected chi connectivity index (χ1v) is 12.9. The van der Waals surface area contributed by atoms with Crippen LogP contribution < -0.4 is 14.2 Å². The van der Waals surface area contributed by atoms with Gasteiger partial charge in [0.05, 0.1) is 24.7 Å². The molecule has 0 spiro atoms. The number of para-hydroxylation sites is 3. The third-order valence-corrected chi connectivity index (χ3v) is 8.07. The van der Waals surface area contributed by atoms with Crippen molar-refractivity contribution in [2.75, 3.05) is 40.4 Å². The fraction of sp³-hybridized carbons (Fsp3) is 0.269. The van der Waals surface area contributed by atoms with E-state index in [-0.39, 0.29) is 4.90 Å². The highest BCUT2D eigenvalue weighted by Gasteiger charge is 2.30. The lowest BCUT2D eigenvalue weighted by Crippen LogP contribution is -2.37. The molecule has 3 aromatic carbocycles. The Hall–Kier alpha value is -3.56. The molecule has 35 heavy (non-hydrogen) atoms. The Balaban J connectivity index is 1.48. The molecule has 0 saturated carbocycles. The first kappa shape index (κ1) is 23.2. The van der Waals surface area contributed by atoms with Gasteiger partial charge in [-0.25, -0.2) is 13.4 Å². The Morgan fingerprint density at radius 2 is 1.71 bits per heavy atom. The maximum atomic E-state index is 13.4. The molecule has 9 heteroatoms. The SMILES string of the molecule is COc1cccc(S(=O)(=O)N2CCCN(C3=Nc4ccccc4Oc4c(OC)cccc43)CC2)c1. The van der Waals surface area contributed by atoms with Gasteiger partial charge in [-0.2, -0.15) is 4.31 Å². The molecule has 8 nitrogen and oxygen atoms in total. The minimum Gasteiger partial charge on any atom is -0.497 e. The van der Waals surface area contributed by atoms with Crippen LogP contribution in [-0.2, 0) is 10.0 Å². The summed E-state index contributed by atoms with van der Waals surface area (Å²) < 4.78 is 45.3. The van der Waals surface area contributed by atoms with Gasteiger partial charge in [0.2, 0.25) is 10.0 Å². The van der Waals surface area contributed by atoms with Crippen molar-refractivity contribution in [2.45, 2.75) is 11.3 Å². The highest BCUT2D eigenvalue weighted by molar-refractivity contribution is 7.89. The quantitative estimate of drug-likeness (QED) is 0.540. The first-order chi connectivity index (χ1) is 17.0. The highest BCUT2D eigenvalue weighted by Crippen LogP contribution is 2.42. The number of sulfonamides is 1. The summed E-state index contributed by atoms with van der Waals surface area (Å²) in [5, 5.41) is 0. The van der Waals surface area contributed by atoms with Crippen LogP contribution >= 0.6 is 0 Å². The van der Waals surface area contributed by atoms with Gasteiger partial charge in [0.1, 0.15) is 17.3 Å². The second-order valence-electron chi connectivity index (χ2n) is 8.27. The molecule has 0 aromatic heterocycles. The molecule has 2 heterocycles. The molecule has 0 bridgehead atoms. The van der Waals surface area contributed by atoms with Crippen molar-refractivity contribution in [1.29, 1.82) is 0 Å². The lowest BCUT2D eigenvalue weighted by Gasteiger charge is -2.25. The second kappa shape index (κ2) is 9.59. The number of fused-ring (bicyclic) bond motifs is 2. The Morgan fingerprint density at radius 3 is 2.54 bits per heavy atom. The van der Waals surface area contributed by atoms with Crippen molar-refractivity contribution in [3.05, 3.63) is 72.3 Å². The zero-order chi connectivity index (χ0) is 24.4. The van der Waals surface area contributed by atoms with Crippen molar-refractivity contribution in [3.8, 4) is 23.0 Å². The van der Waals surface area contributed by atoms with Gasteiger partial charge in [0.15, 0.2) is 17.2 Å². The summed E-state index contributed by atoms with van der Waals surface area (Å²) in [6.45, 7) is 1.89. The van der Waals surface area contributed by atoms with Crippen molar-refractivity contribution < 1.29 is 22.6 Å². The number of methoxy groups -OCH3 is 2. The second-order valence-corrected chi connectivity index (χ2v) is 10.2. The maximum Gasteiger partial charge on any atom is 0.243 e. The molecule has 2 aliphatic rings. The van der Waals surface area contributed by atoms with E-state index in [0.29, 0.717) is 61.3 Å². The van der Waals surface area contributed by atoms with Gasteiger partial charge < -0.3 is 19.1 Å². The van der Waals surface area contributed by atoms with Gasteiger partial charge in [0, 0.05) is 32.2 Å². The number of amidine groups is 1. The summed E-state index contributed by atoms with van der Waals surface area (Å²) in [5.74, 6) is 3.11. The van der Waals surface area contributed by atoms with E-state index in [4.69, 9.17) is 19.2 Å². The molecule has 1 saturated heterocycles. The molecule has 0 amide bonds. The predicted octanol–water partition coefficient (Wildman–Crippen LogP) is 4.28. The van der Waals surface area contributed by atoms with E-state index in [0.717, 1.165) is 11.4 Å². The van der Waals surface area contributed by atoms with E-state index in [2.05, 4.69) is 4.90 Å². The largest absolute Gasteiger partial charge is 0.497 e.